The first-order valence-electron chi connectivity index (χ1n) is 18.7. The van der Waals surface area contributed by atoms with Gasteiger partial charge in [-0.05, 0) is 75.4 Å². The molecule has 1 unspecified atom stereocenters. The standard InChI is InChI=1S/C37H66N2O12/c1-14-25-37(10,44)29(41)22(6)38-32-18(2)16-36(9,51-32)31(50-34-27(40)24(39(11)12)15-19(3)46-34)20(4)28(21(5)33(43)48-25)49-26-17-35(8,45-13)30(42)23(7)47-26/h18-31,34,40-42,44H,14-17H2,1-13H3/t18-,19+,20-,21+,22+,23-,24-,25+,26-,27+,28-,29+,30-,31+,34-,35+,36?,37+/m0/s1. The summed E-state index contributed by atoms with van der Waals surface area (Å²) < 4.78 is 44.5. The average molecular weight is 731 g/mol. The molecule has 51 heavy (non-hydrogen) atoms. The first kappa shape index (κ1) is 42.3. The number of ether oxygens (including phenoxy) is 7. The molecule has 0 aromatic rings. The third kappa shape index (κ3) is 8.60. The van der Waals surface area contributed by atoms with Crippen molar-refractivity contribution in [2.75, 3.05) is 21.2 Å². The second-order valence-corrected chi connectivity index (χ2v) is 16.5. The number of carbonyl (C=O) groups is 1. The number of aliphatic hydroxyl groups is 4. The van der Waals surface area contributed by atoms with E-state index in [1.807, 2.05) is 46.7 Å². The van der Waals surface area contributed by atoms with Crippen molar-refractivity contribution in [2.45, 2.75) is 185 Å². The Morgan fingerprint density at radius 3 is 2.20 bits per heavy atom. The summed E-state index contributed by atoms with van der Waals surface area (Å²) in [6.07, 6.45) is -7.53. The number of methoxy groups -OCH3 is 1. The summed E-state index contributed by atoms with van der Waals surface area (Å²) in [5, 5.41) is 45.5. The van der Waals surface area contributed by atoms with Gasteiger partial charge in [0.15, 0.2) is 18.5 Å². The molecule has 0 amide bonds. The van der Waals surface area contributed by atoms with E-state index in [0.717, 1.165) is 0 Å². The number of rotatable bonds is 7. The Bertz CT molecular complexity index is 1220. The van der Waals surface area contributed by atoms with Crippen molar-refractivity contribution in [2.24, 2.45) is 22.7 Å². The highest BCUT2D eigenvalue weighted by atomic mass is 16.7. The van der Waals surface area contributed by atoms with Gasteiger partial charge in [-0.3, -0.25) is 4.79 Å². The maximum atomic E-state index is 14.2. The molecule has 296 valence electrons. The van der Waals surface area contributed by atoms with Crippen molar-refractivity contribution >= 4 is 11.9 Å². The summed E-state index contributed by atoms with van der Waals surface area (Å²) >= 11 is 0. The van der Waals surface area contributed by atoms with Crippen LogP contribution in [0, 0.1) is 17.8 Å². The molecule has 2 bridgehead atoms. The average Bonchev–Trinajstić information content (AvgIpc) is 3.35. The Balaban J connectivity index is 1.85. The Hall–Kier alpha value is -1.46. The van der Waals surface area contributed by atoms with Crippen LogP contribution in [-0.2, 0) is 38.0 Å². The topological polar surface area (TPSA) is 178 Å². The van der Waals surface area contributed by atoms with Crippen LogP contribution in [0.1, 0.15) is 94.9 Å². The van der Waals surface area contributed by atoms with E-state index in [-0.39, 0.29) is 30.9 Å². The molecule has 18 atom stereocenters. The summed E-state index contributed by atoms with van der Waals surface area (Å²) in [5.41, 5.74) is -3.91. The van der Waals surface area contributed by atoms with Crippen molar-refractivity contribution in [3.8, 4) is 0 Å². The smallest absolute Gasteiger partial charge is 0.311 e. The zero-order valence-corrected chi connectivity index (χ0v) is 32.9. The lowest BCUT2D eigenvalue weighted by Crippen LogP contribution is -2.60. The molecule has 3 saturated heterocycles. The number of likely N-dealkylation sites (N-methyl/N-ethyl adjacent to an activating group) is 1. The van der Waals surface area contributed by atoms with Gasteiger partial charge in [0.1, 0.15) is 41.7 Å². The van der Waals surface area contributed by atoms with E-state index in [1.54, 1.807) is 34.6 Å². The van der Waals surface area contributed by atoms with E-state index in [4.69, 9.17) is 38.2 Å². The van der Waals surface area contributed by atoms with E-state index in [0.29, 0.717) is 18.7 Å². The maximum absolute atomic E-state index is 14.2. The van der Waals surface area contributed by atoms with Crippen molar-refractivity contribution in [3.05, 3.63) is 0 Å². The van der Waals surface area contributed by atoms with Crippen molar-refractivity contribution < 1.29 is 58.4 Å². The van der Waals surface area contributed by atoms with E-state index in [1.165, 1.54) is 14.0 Å². The fourth-order valence-electron chi connectivity index (χ4n) is 8.61. The molecule has 14 heteroatoms. The number of carbonyl (C=O) groups excluding carboxylic acids is 1. The molecule has 0 saturated carbocycles. The van der Waals surface area contributed by atoms with Crippen LogP contribution in [0.4, 0.5) is 0 Å². The number of hydrogen-bond donors (Lipinski definition) is 4. The van der Waals surface area contributed by atoms with Crippen LogP contribution in [0.3, 0.4) is 0 Å². The fourth-order valence-corrected chi connectivity index (χ4v) is 8.61. The first-order chi connectivity index (χ1) is 23.6. The Kier molecular flexibility index (Phi) is 13.4. The SMILES string of the molecule is CC[C@H]1OC(=O)[C@H](C)[C@@H](O[C@H]2C[C@@](C)(OC)[C@@H](O)[C@H](C)O2)[C@H](C)[C@@H](O[C@@H]2O[C@H](C)C[C@H](N(C)C)[C@H]2O)C2(C)C[C@H](C)C(=N[C@H](C)[C@@H](O)[C@]1(C)O)O2. The molecule has 4 rings (SSSR count). The van der Waals surface area contributed by atoms with Gasteiger partial charge in [-0.1, -0.05) is 20.8 Å². The number of aliphatic imine (C=N–C) groups is 1. The monoisotopic (exact) mass is 730 g/mol. The minimum atomic E-state index is -1.84. The van der Waals surface area contributed by atoms with Crippen LogP contribution in [0.15, 0.2) is 4.99 Å². The first-order valence-corrected chi connectivity index (χ1v) is 18.7. The summed E-state index contributed by atoms with van der Waals surface area (Å²) in [6.45, 7) is 17.8. The third-order valence-corrected chi connectivity index (χ3v) is 11.9. The van der Waals surface area contributed by atoms with Gasteiger partial charge in [-0.25, -0.2) is 4.99 Å². The van der Waals surface area contributed by atoms with E-state index in [9.17, 15) is 25.2 Å². The number of aliphatic hydroxyl groups excluding tert-OH is 3. The van der Waals surface area contributed by atoms with Gasteiger partial charge < -0.3 is 58.5 Å². The van der Waals surface area contributed by atoms with Crippen LogP contribution in [0.2, 0.25) is 0 Å². The Morgan fingerprint density at radius 1 is 0.961 bits per heavy atom. The van der Waals surface area contributed by atoms with E-state index >= 15 is 0 Å². The minimum Gasteiger partial charge on any atom is -0.472 e. The molecule has 0 aliphatic carbocycles. The lowest BCUT2D eigenvalue weighted by Gasteiger charge is -2.48. The molecule has 4 N–H and O–H groups in total. The van der Waals surface area contributed by atoms with Gasteiger partial charge in [0, 0.05) is 37.8 Å². The minimum absolute atomic E-state index is 0.163. The molecule has 0 aromatic carbocycles. The van der Waals surface area contributed by atoms with Crippen molar-refractivity contribution in [3.63, 3.8) is 0 Å². The molecule has 4 aliphatic heterocycles. The normalized spacial score (nSPS) is 50.3. The lowest BCUT2D eigenvalue weighted by molar-refractivity contribution is -0.315. The molecule has 0 spiro atoms. The quantitative estimate of drug-likeness (QED) is 0.281. The van der Waals surface area contributed by atoms with Gasteiger partial charge in [-0.2, -0.15) is 0 Å². The summed E-state index contributed by atoms with van der Waals surface area (Å²) in [6, 6.07) is -1.04. The summed E-state index contributed by atoms with van der Waals surface area (Å²) in [7, 11) is 5.33. The van der Waals surface area contributed by atoms with Crippen LogP contribution in [-0.4, -0.2) is 149 Å². The molecular formula is C37H66N2O12. The second kappa shape index (κ2) is 16.1. The van der Waals surface area contributed by atoms with Gasteiger partial charge in [-0.15, -0.1) is 0 Å². The molecule has 14 nitrogen and oxygen atoms in total. The van der Waals surface area contributed by atoms with Gasteiger partial charge >= 0.3 is 5.97 Å². The highest BCUT2D eigenvalue weighted by molar-refractivity contribution is 5.81. The van der Waals surface area contributed by atoms with Crippen LogP contribution < -0.4 is 0 Å². The Labute approximate surface area is 304 Å². The van der Waals surface area contributed by atoms with Crippen molar-refractivity contribution in [1.29, 1.82) is 0 Å². The number of esters is 1. The molecular weight excluding hydrogens is 664 g/mol. The molecule has 0 radical (unpaired) electrons. The highest BCUT2D eigenvalue weighted by Crippen LogP contribution is 2.44. The molecule has 3 fully saturated rings. The zero-order valence-electron chi connectivity index (χ0n) is 32.9. The number of nitrogens with zero attached hydrogens (tertiary/aromatic N) is 2. The van der Waals surface area contributed by atoms with E-state index in [2.05, 4.69) is 0 Å². The predicted molar refractivity (Wildman–Crippen MR) is 188 cm³/mol. The van der Waals surface area contributed by atoms with Crippen LogP contribution >= 0.6 is 0 Å². The lowest BCUT2D eigenvalue weighted by atomic mass is 9.79. The molecule has 4 heterocycles. The van der Waals surface area contributed by atoms with Crippen LogP contribution in [0.5, 0.6) is 0 Å². The molecule has 4 aliphatic rings. The van der Waals surface area contributed by atoms with E-state index < -0.39 is 96.0 Å². The predicted octanol–water partition coefficient (Wildman–Crippen LogP) is 2.41. The van der Waals surface area contributed by atoms with Crippen molar-refractivity contribution in [1.82, 2.24) is 4.90 Å². The number of fused-ring (bicyclic) bond motifs is 2. The highest BCUT2D eigenvalue weighted by Gasteiger charge is 2.56. The van der Waals surface area contributed by atoms with Gasteiger partial charge in [0.2, 0.25) is 0 Å². The Morgan fingerprint density at radius 2 is 1.61 bits per heavy atom. The largest absolute Gasteiger partial charge is 0.472 e. The van der Waals surface area contributed by atoms with Gasteiger partial charge in [0.05, 0.1) is 35.9 Å². The fraction of sp³-hybridized carbons (Fsp3) is 0.946. The summed E-state index contributed by atoms with van der Waals surface area (Å²) in [5.74, 6) is -2.03. The second-order valence-electron chi connectivity index (χ2n) is 16.5. The number of hydrogen-bond acceptors (Lipinski definition) is 14. The zero-order chi connectivity index (χ0) is 38.4. The van der Waals surface area contributed by atoms with Gasteiger partial charge in [0.25, 0.3) is 0 Å². The third-order valence-electron chi connectivity index (χ3n) is 11.9. The number of cyclic esters (lactones) is 1. The maximum Gasteiger partial charge on any atom is 0.311 e. The summed E-state index contributed by atoms with van der Waals surface area (Å²) in [4.78, 5) is 20.9. The van der Waals surface area contributed by atoms with Crippen LogP contribution in [0.25, 0.3) is 0 Å². The molecule has 0 aromatic heterocycles.